The SMILES string of the molecule is Cc1ccc(-c2nc(C)c(C(=O)Nc3cc(S(=O)(=O)N4CCCCC4)ccc3C)s2)o1. The molecular weight excluding hydrogens is 434 g/mol. The quantitative estimate of drug-likeness (QED) is 0.594. The smallest absolute Gasteiger partial charge is 0.267 e. The molecular formula is C22H25N3O4S2. The number of sulfonamides is 1. The van der Waals surface area contributed by atoms with E-state index in [1.165, 1.54) is 15.6 Å². The lowest BCUT2D eigenvalue weighted by atomic mass is 10.2. The molecule has 2 aromatic heterocycles. The predicted octanol–water partition coefficient (Wildman–Crippen LogP) is 4.76. The van der Waals surface area contributed by atoms with E-state index in [1.807, 2.05) is 26.0 Å². The third kappa shape index (κ3) is 4.44. The molecule has 0 unspecified atom stereocenters. The Morgan fingerprint density at radius 3 is 2.52 bits per heavy atom. The fraction of sp³-hybridized carbons (Fsp3) is 0.364. The molecule has 1 fully saturated rings. The van der Waals surface area contributed by atoms with Crippen LogP contribution < -0.4 is 5.32 Å². The molecule has 0 bridgehead atoms. The standard InChI is InChI=1S/C22H25N3O4S2/c1-14-7-9-17(31(27,28)25-11-5-4-6-12-25)13-18(14)24-21(26)20-16(3)23-22(30-20)19-10-8-15(2)29-19/h7-10,13H,4-6,11-12H2,1-3H3,(H,24,26). The first-order valence-electron chi connectivity index (χ1n) is 10.2. The zero-order valence-electron chi connectivity index (χ0n) is 17.8. The van der Waals surface area contributed by atoms with Crippen molar-refractivity contribution in [3.63, 3.8) is 0 Å². The molecule has 0 atom stereocenters. The van der Waals surface area contributed by atoms with Crippen molar-refractivity contribution in [2.45, 2.75) is 44.9 Å². The Labute approximate surface area is 186 Å². The van der Waals surface area contributed by atoms with Crippen molar-refractivity contribution in [1.82, 2.24) is 9.29 Å². The Morgan fingerprint density at radius 2 is 1.84 bits per heavy atom. The fourth-order valence-electron chi connectivity index (χ4n) is 3.59. The zero-order chi connectivity index (χ0) is 22.2. The number of carbonyl (C=O) groups is 1. The number of furan rings is 1. The van der Waals surface area contributed by atoms with Crippen LogP contribution in [0.5, 0.6) is 0 Å². The van der Waals surface area contributed by atoms with Crippen LogP contribution in [0.25, 0.3) is 10.8 Å². The van der Waals surface area contributed by atoms with Crippen molar-refractivity contribution in [3.05, 3.63) is 52.2 Å². The van der Waals surface area contributed by atoms with E-state index in [0.29, 0.717) is 40.1 Å². The summed E-state index contributed by atoms with van der Waals surface area (Å²) in [6.07, 6.45) is 2.79. The molecule has 1 amide bonds. The number of hydrogen-bond acceptors (Lipinski definition) is 6. The Hall–Kier alpha value is -2.49. The maximum atomic E-state index is 13.0. The van der Waals surface area contributed by atoms with Crippen molar-refractivity contribution < 1.29 is 17.6 Å². The van der Waals surface area contributed by atoms with Gasteiger partial charge < -0.3 is 9.73 Å². The molecule has 1 N–H and O–H groups in total. The molecule has 4 rings (SSSR count). The maximum absolute atomic E-state index is 13.0. The molecule has 3 heterocycles. The van der Waals surface area contributed by atoms with Crippen LogP contribution >= 0.6 is 11.3 Å². The summed E-state index contributed by atoms with van der Waals surface area (Å²) >= 11 is 1.25. The minimum Gasteiger partial charge on any atom is -0.459 e. The lowest BCUT2D eigenvalue weighted by molar-refractivity contribution is 0.102. The van der Waals surface area contributed by atoms with Crippen LogP contribution in [0.1, 0.15) is 46.0 Å². The minimum absolute atomic E-state index is 0.197. The van der Waals surface area contributed by atoms with Crippen LogP contribution in [0.15, 0.2) is 39.6 Å². The normalized spacial score (nSPS) is 15.2. The number of aromatic nitrogens is 1. The van der Waals surface area contributed by atoms with Crippen LogP contribution in [0.2, 0.25) is 0 Å². The fourth-order valence-corrected chi connectivity index (χ4v) is 6.06. The van der Waals surface area contributed by atoms with Gasteiger partial charge in [-0.15, -0.1) is 11.3 Å². The van der Waals surface area contributed by atoms with Crippen LogP contribution in [-0.2, 0) is 10.0 Å². The van der Waals surface area contributed by atoms with Crippen LogP contribution in [0.4, 0.5) is 5.69 Å². The first-order chi connectivity index (χ1) is 14.8. The van der Waals surface area contributed by atoms with Crippen LogP contribution in [-0.4, -0.2) is 36.7 Å². The summed E-state index contributed by atoms with van der Waals surface area (Å²) < 4.78 is 33.2. The first-order valence-corrected chi connectivity index (χ1v) is 12.5. The number of thiazole rings is 1. The van der Waals surface area contributed by atoms with Gasteiger partial charge in [0.15, 0.2) is 10.8 Å². The van der Waals surface area contributed by atoms with Gasteiger partial charge in [0.05, 0.1) is 10.6 Å². The molecule has 0 radical (unpaired) electrons. The molecule has 1 aliphatic heterocycles. The number of amides is 1. The van der Waals surface area contributed by atoms with Gasteiger partial charge in [0.1, 0.15) is 10.6 Å². The summed E-state index contributed by atoms with van der Waals surface area (Å²) in [5.74, 6) is 1.08. The Morgan fingerprint density at radius 1 is 1.10 bits per heavy atom. The predicted molar refractivity (Wildman–Crippen MR) is 121 cm³/mol. The Kier molecular flexibility index (Phi) is 6.00. The van der Waals surface area contributed by atoms with Crippen LogP contribution in [0.3, 0.4) is 0 Å². The number of hydrogen-bond donors (Lipinski definition) is 1. The number of nitrogens with one attached hydrogen (secondary N) is 1. The third-order valence-corrected chi connectivity index (χ3v) is 8.43. The van der Waals surface area contributed by atoms with Gasteiger partial charge in [-0.1, -0.05) is 12.5 Å². The van der Waals surface area contributed by atoms with Gasteiger partial charge in [-0.25, -0.2) is 13.4 Å². The highest BCUT2D eigenvalue weighted by molar-refractivity contribution is 7.89. The summed E-state index contributed by atoms with van der Waals surface area (Å²) in [5.41, 5.74) is 1.86. The highest BCUT2D eigenvalue weighted by Gasteiger charge is 2.27. The molecule has 1 aromatic carbocycles. The van der Waals surface area contributed by atoms with Crippen molar-refractivity contribution in [2.24, 2.45) is 0 Å². The summed E-state index contributed by atoms with van der Waals surface area (Å²) in [6, 6.07) is 8.55. The first kappa shape index (κ1) is 21.7. The zero-order valence-corrected chi connectivity index (χ0v) is 19.4. The van der Waals surface area contributed by atoms with Gasteiger partial charge in [-0.05, 0) is 63.4 Å². The van der Waals surface area contributed by atoms with E-state index >= 15 is 0 Å². The van der Waals surface area contributed by atoms with E-state index in [-0.39, 0.29) is 10.8 Å². The second kappa shape index (κ2) is 8.57. The van der Waals surface area contributed by atoms with Crippen molar-refractivity contribution >= 4 is 33.0 Å². The maximum Gasteiger partial charge on any atom is 0.267 e. The minimum atomic E-state index is -3.58. The second-order valence-corrected chi connectivity index (χ2v) is 10.7. The molecule has 31 heavy (non-hydrogen) atoms. The average Bonchev–Trinajstić information content (AvgIpc) is 3.35. The summed E-state index contributed by atoms with van der Waals surface area (Å²) in [7, 11) is -3.58. The Bertz CT molecular complexity index is 1220. The van der Waals surface area contributed by atoms with Crippen LogP contribution in [0, 0.1) is 20.8 Å². The third-order valence-electron chi connectivity index (χ3n) is 5.36. The van der Waals surface area contributed by atoms with Gasteiger partial charge in [0.25, 0.3) is 5.91 Å². The summed E-state index contributed by atoms with van der Waals surface area (Å²) in [4.78, 5) is 18.1. The van der Waals surface area contributed by atoms with E-state index in [2.05, 4.69) is 10.3 Å². The number of benzene rings is 1. The molecule has 164 valence electrons. The van der Waals surface area contributed by atoms with E-state index in [0.717, 1.165) is 30.6 Å². The monoisotopic (exact) mass is 459 g/mol. The lowest BCUT2D eigenvalue weighted by Crippen LogP contribution is -2.35. The molecule has 7 nitrogen and oxygen atoms in total. The second-order valence-electron chi connectivity index (χ2n) is 7.74. The van der Waals surface area contributed by atoms with Crippen molar-refractivity contribution in [1.29, 1.82) is 0 Å². The summed E-state index contributed by atoms with van der Waals surface area (Å²) in [6.45, 7) is 6.53. The van der Waals surface area contributed by atoms with Gasteiger partial charge in [-0.3, -0.25) is 4.79 Å². The number of carbonyl (C=O) groups excluding carboxylic acids is 1. The number of nitrogens with zero attached hydrogens (tertiary/aromatic N) is 2. The Balaban J connectivity index is 1.59. The largest absolute Gasteiger partial charge is 0.459 e. The molecule has 0 saturated carbocycles. The van der Waals surface area contributed by atoms with E-state index in [1.54, 1.807) is 25.1 Å². The summed E-state index contributed by atoms with van der Waals surface area (Å²) in [5, 5.41) is 3.50. The molecule has 0 aliphatic carbocycles. The number of aryl methyl sites for hydroxylation is 3. The van der Waals surface area contributed by atoms with Gasteiger partial charge >= 0.3 is 0 Å². The molecule has 1 aliphatic rings. The lowest BCUT2D eigenvalue weighted by Gasteiger charge is -2.26. The van der Waals surface area contributed by atoms with E-state index in [4.69, 9.17) is 4.42 Å². The van der Waals surface area contributed by atoms with Gasteiger partial charge in [-0.2, -0.15) is 4.31 Å². The number of anilines is 1. The van der Waals surface area contributed by atoms with Gasteiger partial charge in [0, 0.05) is 18.8 Å². The van der Waals surface area contributed by atoms with E-state index in [9.17, 15) is 13.2 Å². The average molecular weight is 460 g/mol. The highest BCUT2D eigenvalue weighted by atomic mass is 32.2. The highest BCUT2D eigenvalue weighted by Crippen LogP contribution is 2.31. The molecule has 3 aromatic rings. The molecule has 9 heteroatoms. The number of piperidine rings is 1. The van der Waals surface area contributed by atoms with Crippen molar-refractivity contribution in [3.8, 4) is 10.8 Å². The van der Waals surface area contributed by atoms with Crippen molar-refractivity contribution in [2.75, 3.05) is 18.4 Å². The topological polar surface area (TPSA) is 92.5 Å². The molecule has 0 spiro atoms. The number of rotatable bonds is 5. The van der Waals surface area contributed by atoms with E-state index < -0.39 is 10.0 Å². The van der Waals surface area contributed by atoms with Gasteiger partial charge in [0.2, 0.25) is 10.0 Å². The molecule has 1 saturated heterocycles.